The average Bonchev–Trinajstić information content (AvgIpc) is 1.90. The predicted molar refractivity (Wildman–Crippen MR) is 27.1 cm³/mol. The van der Waals surface area contributed by atoms with E-state index in [2.05, 4.69) is 17.8 Å². The zero-order valence-electron chi connectivity index (χ0n) is 5.00. The summed E-state index contributed by atoms with van der Waals surface area (Å²) < 4.78 is 4.85. The molecule has 10 heavy (non-hydrogen) atoms. The van der Waals surface area contributed by atoms with Gasteiger partial charge in [-0.3, -0.25) is 0 Å². The molecule has 0 aliphatic rings. The molecule has 0 saturated heterocycles. The van der Waals surface area contributed by atoms with E-state index in [0.29, 0.717) is 0 Å². The first-order valence-corrected chi connectivity index (χ1v) is 2.87. The third-order valence-electron chi connectivity index (χ3n) is 0.849. The summed E-state index contributed by atoms with van der Waals surface area (Å²) >= 11 is 2.06. The summed E-state index contributed by atoms with van der Waals surface area (Å²) in [6.45, 7) is 0. The molecule has 0 saturated carbocycles. The first kappa shape index (κ1) is 12.8. The molecule has 0 N–H and O–H groups in total. The standard InChI is InChI=1S/C6H6O.2ClH.V/c7-6-4-2-1-3-5-6;;;/h1-5,7H;2*1H;/q;;;+3/p-3. The fraction of sp³-hybridized carbons (Fsp3) is 0. The van der Waals surface area contributed by atoms with Crippen molar-refractivity contribution in [2.75, 3.05) is 0 Å². The van der Waals surface area contributed by atoms with Gasteiger partial charge in [0, 0.05) is 0 Å². The van der Waals surface area contributed by atoms with Gasteiger partial charge in [-0.15, -0.1) is 0 Å². The molecule has 54 valence electrons. The Kier molecular flexibility index (Phi) is 9.35. The van der Waals surface area contributed by atoms with Crippen LogP contribution in [0, 0.1) is 0 Å². The molecule has 1 aromatic carbocycles. The van der Waals surface area contributed by atoms with E-state index in [0.717, 1.165) is 5.75 Å². The quantitative estimate of drug-likeness (QED) is 0.459. The van der Waals surface area contributed by atoms with E-state index in [9.17, 15) is 0 Å². The summed E-state index contributed by atoms with van der Waals surface area (Å²) in [5, 5.41) is 0. The van der Waals surface area contributed by atoms with Crippen molar-refractivity contribution in [2.45, 2.75) is 0 Å². The Balaban J connectivity index is 0. The fourth-order valence-electron chi connectivity index (χ4n) is 0.481. The van der Waals surface area contributed by atoms with Crippen LogP contribution in [-0.4, -0.2) is 0 Å². The summed E-state index contributed by atoms with van der Waals surface area (Å²) in [5.41, 5.74) is 0. The van der Waals surface area contributed by atoms with Crippen LogP contribution in [0.2, 0.25) is 0 Å². The van der Waals surface area contributed by atoms with Gasteiger partial charge < -0.3 is 24.8 Å². The van der Waals surface area contributed by atoms with E-state index in [4.69, 9.17) is 3.66 Å². The molecule has 0 unspecified atom stereocenters. The second kappa shape index (κ2) is 7.29. The average molecular weight is 215 g/mol. The van der Waals surface area contributed by atoms with E-state index in [1.807, 2.05) is 30.3 Å². The molecule has 0 spiro atoms. The fourth-order valence-corrected chi connectivity index (χ4v) is 0.671. The Morgan fingerprint density at radius 1 is 1.00 bits per heavy atom. The van der Waals surface area contributed by atoms with Gasteiger partial charge in [0.2, 0.25) is 0 Å². The topological polar surface area (TPSA) is 9.23 Å². The summed E-state index contributed by atoms with van der Waals surface area (Å²) in [4.78, 5) is 0. The molecular weight excluding hydrogens is 210 g/mol. The van der Waals surface area contributed by atoms with Crippen molar-refractivity contribution in [3.8, 4) is 5.75 Å². The number of halogens is 2. The van der Waals surface area contributed by atoms with Gasteiger partial charge >= 0.3 is 57.5 Å². The Morgan fingerprint density at radius 2 is 1.50 bits per heavy atom. The van der Waals surface area contributed by atoms with Crippen molar-refractivity contribution >= 4 is 0 Å². The van der Waals surface area contributed by atoms with Gasteiger partial charge in [-0.2, -0.15) is 0 Å². The molecular formula is C6H5Cl2OV. The summed E-state index contributed by atoms with van der Waals surface area (Å²) in [6, 6.07) is 9.62. The first-order chi connectivity index (χ1) is 3.93. The van der Waals surface area contributed by atoms with E-state index in [1.54, 1.807) is 0 Å². The van der Waals surface area contributed by atoms with Gasteiger partial charge in [0.15, 0.2) is 0 Å². The van der Waals surface area contributed by atoms with Crippen LogP contribution in [0.1, 0.15) is 0 Å². The van der Waals surface area contributed by atoms with Gasteiger partial charge in [-0.1, -0.05) is 0 Å². The Labute approximate surface area is 82.3 Å². The zero-order valence-corrected chi connectivity index (χ0v) is 7.91. The van der Waals surface area contributed by atoms with Crippen molar-refractivity contribution < 1.29 is 46.3 Å². The summed E-state index contributed by atoms with van der Waals surface area (Å²) in [5.74, 6) is 0.882. The van der Waals surface area contributed by atoms with Crippen LogP contribution in [0.5, 0.6) is 5.75 Å². The van der Waals surface area contributed by atoms with E-state index >= 15 is 0 Å². The van der Waals surface area contributed by atoms with Gasteiger partial charge in [-0.05, 0) is 0 Å². The second-order valence-corrected chi connectivity index (χ2v) is 1.69. The van der Waals surface area contributed by atoms with Gasteiger partial charge in [0.25, 0.3) is 0 Å². The molecule has 0 atom stereocenters. The van der Waals surface area contributed by atoms with E-state index in [-0.39, 0.29) is 24.8 Å². The van der Waals surface area contributed by atoms with Crippen LogP contribution in [0.4, 0.5) is 0 Å². The third-order valence-corrected chi connectivity index (χ3v) is 1.18. The van der Waals surface area contributed by atoms with E-state index < -0.39 is 0 Å². The molecule has 0 heterocycles. The van der Waals surface area contributed by atoms with Crippen LogP contribution < -0.4 is 28.5 Å². The molecule has 0 aromatic heterocycles. The van der Waals surface area contributed by atoms with Crippen LogP contribution in [0.3, 0.4) is 0 Å². The van der Waals surface area contributed by atoms with Crippen LogP contribution in [-0.2, 0) is 17.8 Å². The molecule has 1 nitrogen and oxygen atoms in total. The summed E-state index contributed by atoms with van der Waals surface area (Å²) in [7, 11) is 0. The van der Waals surface area contributed by atoms with Crippen molar-refractivity contribution in [3.05, 3.63) is 30.3 Å². The summed E-state index contributed by atoms with van der Waals surface area (Å²) in [6.07, 6.45) is 0. The van der Waals surface area contributed by atoms with Crippen LogP contribution in [0.25, 0.3) is 0 Å². The minimum absolute atomic E-state index is 0. The number of para-hydroxylation sites is 1. The van der Waals surface area contributed by atoms with Crippen LogP contribution in [0.15, 0.2) is 30.3 Å². The maximum absolute atomic E-state index is 4.85. The predicted octanol–water partition coefficient (Wildman–Crippen LogP) is -4.46. The molecule has 4 heteroatoms. The number of benzene rings is 1. The molecule has 0 aliphatic heterocycles. The zero-order chi connectivity index (χ0) is 5.82. The Morgan fingerprint density at radius 3 is 1.80 bits per heavy atom. The number of hydrogen-bond donors (Lipinski definition) is 0. The normalized spacial score (nSPS) is 6.70. The molecule has 0 radical (unpaired) electrons. The number of rotatable bonds is 1. The Hall–Kier alpha value is 0.184. The monoisotopic (exact) mass is 214 g/mol. The van der Waals surface area contributed by atoms with E-state index in [1.165, 1.54) is 0 Å². The van der Waals surface area contributed by atoms with Crippen molar-refractivity contribution in [3.63, 3.8) is 0 Å². The van der Waals surface area contributed by atoms with Crippen molar-refractivity contribution in [1.82, 2.24) is 0 Å². The second-order valence-electron chi connectivity index (χ2n) is 1.40. The van der Waals surface area contributed by atoms with Gasteiger partial charge in [-0.25, -0.2) is 0 Å². The molecule has 1 aromatic rings. The van der Waals surface area contributed by atoms with Gasteiger partial charge in [0.1, 0.15) is 0 Å². The molecule has 0 aliphatic carbocycles. The molecule has 0 bridgehead atoms. The van der Waals surface area contributed by atoms with Crippen molar-refractivity contribution in [1.29, 1.82) is 0 Å². The van der Waals surface area contributed by atoms with Crippen LogP contribution >= 0.6 is 0 Å². The molecule has 1 rings (SSSR count). The Bertz CT molecular complexity index is 157. The van der Waals surface area contributed by atoms with Gasteiger partial charge in [0.05, 0.1) is 0 Å². The first-order valence-electron chi connectivity index (χ1n) is 2.30. The number of hydrogen-bond acceptors (Lipinski definition) is 1. The molecule has 0 amide bonds. The molecule has 0 fully saturated rings. The third kappa shape index (κ3) is 4.07. The SMILES string of the molecule is [Cl-].[Cl-].[V+2][O]c1ccccc1. The minimum atomic E-state index is 0. The maximum atomic E-state index is 4.85. The van der Waals surface area contributed by atoms with Crippen molar-refractivity contribution in [2.24, 2.45) is 0 Å².